The summed E-state index contributed by atoms with van der Waals surface area (Å²) in [6, 6.07) is 8.62. The number of hydrogen-bond donors (Lipinski definition) is 2. The zero-order valence-electron chi connectivity index (χ0n) is 15.1. The lowest BCUT2D eigenvalue weighted by Crippen LogP contribution is -2.21. The first-order chi connectivity index (χ1) is 13.0. The molecular formula is C20H22N2O4S. The highest BCUT2D eigenvalue weighted by Crippen LogP contribution is 2.47. The predicted octanol–water partition coefficient (Wildman–Crippen LogP) is 3.51. The summed E-state index contributed by atoms with van der Waals surface area (Å²) < 4.78 is 0. The van der Waals surface area contributed by atoms with Gasteiger partial charge in [0.2, 0.25) is 0 Å². The van der Waals surface area contributed by atoms with Crippen molar-refractivity contribution in [3.05, 3.63) is 47.7 Å². The average molecular weight is 386 g/mol. The van der Waals surface area contributed by atoms with Crippen molar-refractivity contribution in [1.82, 2.24) is 4.98 Å². The van der Waals surface area contributed by atoms with E-state index in [-0.39, 0.29) is 0 Å². The first-order valence-electron chi connectivity index (χ1n) is 8.85. The van der Waals surface area contributed by atoms with Gasteiger partial charge < -0.3 is 15.1 Å². The number of carboxylic acid groups (broad SMARTS) is 2. The van der Waals surface area contributed by atoms with Crippen molar-refractivity contribution in [3.63, 3.8) is 0 Å². The van der Waals surface area contributed by atoms with E-state index >= 15 is 0 Å². The lowest BCUT2D eigenvalue weighted by Gasteiger charge is -2.28. The highest BCUT2D eigenvalue weighted by atomic mass is 32.2. The Morgan fingerprint density at radius 3 is 2.63 bits per heavy atom. The van der Waals surface area contributed by atoms with Crippen molar-refractivity contribution in [2.24, 2.45) is 0 Å². The number of aromatic nitrogens is 1. The zero-order valence-corrected chi connectivity index (χ0v) is 15.9. The zero-order chi connectivity index (χ0) is 19.4. The monoisotopic (exact) mass is 386 g/mol. The first kappa shape index (κ1) is 19.2. The number of hydrogen-bond acceptors (Lipinski definition) is 5. The lowest BCUT2D eigenvalue weighted by atomic mass is 9.92. The Morgan fingerprint density at radius 2 is 1.93 bits per heavy atom. The molecule has 1 aromatic carbocycles. The molecule has 27 heavy (non-hydrogen) atoms. The second kappa shape index (κ2) is 8.43. The molecule has 1 aliphatic heterocycles. The van der Waals surface area contributed by atoms with Gasteiger partial charge >= 0.3 is 11.9 Å². The SMILES string of the molecule is CN1CCSC2CCCc3nc4ccccc4c1c32.O=C(O)/C=C\C(=O)O. The van der Waals surface area contributed by atoms with Crippen LogP contribution >= 0.6 is 11.8 Å². The number of nitrogens with zero attached hydrogens (tertiary/aromatic N) is 2. The minimum atomic E-state index is -1.26. The summed E-state index contributed by atoms with van der Waals surface area (Å²) in [6.07, 6.45) is 4.88. The van der Waals surface area contributed by atoms with Gasteiger partial charge in [-0.15, -0.1) is 0 Å². The van der Waals surface area contributed by atoms with E-state index in [1.165, 1.54) is 40.9 Å². The molecule has 1 atom stereocenters. The maximum Gasteiger partial charge on any atom is 0.328 e. The highest BCUT2D eigenvalue weighted by Gasteiger charge is 2.30. The van der Waals surface area contributed by atoms with Gasteiger partial charge in [-0.3, -0.25) is 4.98 Å². The molecule has 0 saturated heterocycles. The maximum absolute atomic E-state index is 9.55. The van der Waals surface area contributed by atoms with Gasteiger partial charge in [-0.05, 0) is 25.3 Å². The summed E-state index contributed by atoms with van der Waals surface area (Å²) in [7, 11) is 2.24. The van der Waals surface area contributed by atoms with Crippen LogP contribution in [0.5, 0.6) is 0 Å². The fourth-order valence-corrected chi connectivity index (χ4v) is 4.96. The third kappa shape index (κ3) is 4.42. The number of pyridine rings is 1. The van der Waals surface area contributed by atoms with Crippen LogP contribution in [0.25, 0.3) is 10.9 Å². The minimum Gasteiger partial charge on any atom is -0.478 e. The van der Waals surface area contributed by atoms with Crippen molar-refractivity contribution in [1.29, 1.82) is 0 Å². The van der Waals surface area contributed by atoms with Gasteiger partial charge in [0.05, 0.1) is 11.2 Å². The van der Waals surface area contributed by atoms with E-state index in [0.29, 0.717) is 17.4 Å². The van der Waals surface area contributed by atoms with Crippen molar-refractivity contribution >= 4 is 40.3 Å². The molecule has 0 saturated carbocycles. The molecule has 0 radical (unpaired) electrons. The summed E-state index contributed by atoms with van der Waals surface area (Å²) >= 11 is 2.12. The van der Waals surface area contributed by atoms with E-state index < -0.39 is 11.9 Å². The van der Waals surface area contributed by atoms with Crippen molar-refractivity contribution < 1.29 is 19.8 Å². The van der Waals surface area contributed by atoms with Crippen molar-refractivity contribution in [2.75, 3.05) is 24.2 Å². The van der Waals surface area contributed by atoms with Gasteiger partial charge in [0.1, 0.15) is 0 Å². The summed E-state index contributed by atoms with van der Waals surface area (Å²) in [5.74, 6) is -1.29. The molecule has 2 N–H and O–H groups in total. The summed E-state index contributed by atoms with van der Waals surface area (Å²) in [5.41, 5.74) is 5.51. The van der Waals surface area contributed by atoms with Gasteiger partial charge in [-0.2, -0.15) is 11.8 Å². The van der Waals surface area contributed by atoms with Crippen LogP contribution in [-0.2, 0) is 16.0 Å². The molecule has 1 unspecified atom stereocenters. The van der Waals surface area contributed by atoms with E-state index in [4.69, 9.17) is 15.2 Å². The molecule has 2 aromatic rings. The number of aliphatic carboxylic acids is 2. The molecular weight excluding hydrogens is 364 g/mol. The van der Waals surface area contributed by atoms with Crippen LogP contribution < -0.4 is 4.90 Å². The number of anilines is 1. The molecule has 0 amide bonds. The normalized spacial score (nSPS) is 18.4. The number of carboxylic acids is 2. The Labute approximate surface area is 161 Å². The van der Waals surface area contributed by atoms with E-state index in [0.717, 1.165) is 18.5 Å². The summed E-state index contributed by atoms with van der Waals surface area (Å²) in [4.78, 5) is 26.5. The van der Waals surface area contributed by atoms with Gasteiger partial charge in [0, 0.05) is 53.4 Å². The highest BCUT2D eigenvalue weighted by molar-refractivity contribution is 7.99. The Kier molecular flexibility index (Phi) is 6.01. The van der Waals surface area contributed by atoms with E-state index in [1.807, 2.05) is 0 Å². The average Bonchev–Trinajstić information content (AvgIpc) is 2.81. The van der Waals surface area contributed by atoms with Crippen LogP contribution in [-0.4, -0.2) is 46.5 Å². The third-order valence-corrected chi connectivity index (χ3v) is 5.97. The number of para-hydroxylation sites is 1. The van der Waals surface area contributed by atoms with Crippen molar-refractivity contribution in [3.8, 4) is 0 Å². The second-order valence-electron chi connectivity index (χ2n) is 6.52. The fourth-order valence-electron chi connectivity index (χ4n) is 3.55. The van der Waals surface area contributed by atoms with Crippen LogP contribution in [0.3, 0.4) is 0 Å². The number of thioether (sulfide) groups is 1. The quantitative estimate of drug-likeness (QED) is 0.763. The summed E-state index contributed by atoms with van der Waals surface area (Å²) in [6.45, 7) is 1.14. The van der Waals surface area contributed by atoms with Gasteiger partial charge in [0.25, 0.3) is 0 Å². The molecule has 4 rings (SSSR count). The molecule has 1 aromatic heterocycles. The predicted molar refractivity (Wildman–Crippen MR) is 108 cm³/mol. The van der Waals surface area contributed by atoms with Gasteiger partial charge in [-0.25, -0.2) is 9.59 Å². The molecule has 2 heterocycles. The fraction of sp³-hybridized carbons (Fsp3) is 0.350. The number of fused-ring (bicyclic) bond motifs is 2. The van der Waals surface area contributed by atoms with E-state index in [2.05, 4.69) is 48.0 Å². The number of benzene rings is 1. The molecule has 142 valence electrons. The summed E-state index contributed by atoms with van der Waals surface area (Å²) in [5, 5.41) is 17.6. The van der Waals surface area contributed by atoms with Gasteiger partial charge in [0.15, 0.2) is 0 Å². The topological polar surface area (TPSA) is 90.7 Å². The Hall–Kier alpha value is -2.54. The van der Waals surface area contributed by atoms with Crippen LogP contribution in [0.2, 0.25) is 0 Å². The molecule has 2 aliphatic rings. The number of rotatable bonds is 2. The van der Waals surface area contributed by atoms with Crippen LogP contribution in [0.15, 0.2) is 36.4 Å². The van der Waals surface area contributed by atoms with Crippen LogP contribution in [0, 0.1) is 0 Å². The minimum absolute atomic E-state index is 0.558. The van der Waals surface area contributed by atoms with Crippen LogP contribution in [0.4, 0.5) is 5.69 Å². The first-order valence-corrected chi connectivity index (χ1v) is 9.90. The molecule has 0 bridgehead atoms. The second-order valence-corrected chi connectivity index (χ2v) is 7.83. The molecule has 1 aliphatic carbocycles. The molecule has 6 nitrogen and oxygen atoms in total. The standard InChI is InChI=1S/C16H18N2S.C4H4O4/c1-18-9-10-19-14-8-4-7-13-15(14)16(18)11-5-2-3-6-12(11)17-13;5-3(6)1-2-4(7)8/h2-3,5-6,14H,4,7-10H2,1H3;1-2H,(H,5,6)(H,7,8)/b;2-1-. The molecule has 0 spiro atoms. The number of carbonyl (C=O) groups is 2. The van der Waals surface area contributed by atoms with E-state index in [9.17, 15) is 9.59 Å². The van der Waals surface area contributed by atoms with Crippen LogP contribution in [0.1, 0.15) is 29.3 Å². The Bertz CT molecular complexity index is 881. The van der Waals surface area contributed by atoms with E-state index in [1.54, 1.807) is 0 Å². The maximum atomic E-state index is 9.55. The third-order valence-electron chi connectivity index (χ3n) is 4.68. The molecule has 0 fully saturated rings. The lowest BCUT2D eigenvalue weighted by molar-refractivity contribution is -0.134. The van der Waals surface area contributed by atoms with Crippen molar-refractivity contribution in [2.45, 2.75) is 24.5 Å². The largest absolute Gasteiger partial charge is 0.478 e. The Morgan fingerprint density at radius 1 is 1.22 bits per heavy atom. The van der Waals surface area contributed by atoms with Gasteiger partial charge in [-0.1, -0.05) is 18.2 Å². The Balaban J connectivity index is 0.000000226. The number of aryl methyl sites for hydroxylation is 1. The smallest absolute Gasteiger partial charge is 0.328 e. The molecule has 7 heteroatoms.